The number of anilines is 1. The van der Waals surface area contributed by atoms with E-state index in [0.717, 1.165) is 48.4 Å². The number of nitrogens with one attached hydrogen (secondary N) is 1. The molecule has 2 rings (SSSR count). The fraction of sp³-hybridized carbons (Fsp3) is 0.643. The summed E-state index contributed by atoms with van der Waals surface area (Å²) in [4.78, 5) is 19.6. The zero-order valence-electron chi connectivity index (χ0n) is 21.2. The van der Waals surface area contributed by atoms with Crippen molar-refractivity contribution in [1.82, 2.24) is 9.88 Å². The van der Waals surface area contributed by atoms with E-state index in [1.54, 1.807) is 13.3 Å². The van der Waals surface area contributed by atoms with Crippen molar-refractivity contribution in [3.8, 4) is 5.75 Å². The molecule has 0 bridgehead atoms. The zero-order chi connectivity index (χ0) is 23.7. The first-order chi connectivity index (χ1) is 16.2. The molecule has 0 aliphatic rings. The number of amides is 1. The molecule has 184 valence electrons. The predicted molar refractivity (Wildman–Crippen MR) is 140 cm³/mol. The second-order valence-electron chi connectivity index (χ2n) is 9.06. The lowest BCUT2D eigenvalue weighted by Crippen LogP contribution is -2.28. The van der Waals surface area contributed by atoms with E-state index in [1.165, 1.54) is 64.2 Å². The molecule has 0 aliphatic carbocycles. The molecule has 0 radical (unpaired) electrons. The monoisotopic (exact) mass is 455 g/mol. The molecular weight excluding hydrogens is 410 g/mol. The number of nitrogens with zero attached hydrogens (tertiary/aromatic N) is 2. The third-order valence-electron chi connectivity index (χ3n) is 6.26. The molecule has 5 nitrogen and oxygen atoms in total. The first kappa shape index (κ1) is 27.1. The number of rotatable bonds is 18. The lowest BCUT2D eigenvalue weighted by atomic mass is 10.1. The van der Waals surface area contributed by atoms with Gasteiger partial charge in [-0.25, -0.2) is 0 Å². The van der Waals surface area contributed by atoms with Gasteiger partial charge < -0.3 is 15.0 Å². The Morgan fingerprint density at radius 3 is 2.15 bits per heavy atom. The van der Waals surface area contributed by atoms with Gasteiger partial charge in [-0.3, -0.25) is 9.78 Å². The van der Waals surface area contributed by atoms with Crippen LogP contribution < -0.4 is 10.1 Å². The number of carbonyl (C=O) groups is 1. The topological polar surface area (TPSA) is 54.5 Å². The van der Waals surface area contributed by atoms with Gasteiger partial charge in [-0.2, -0.15) is 0 Å². The summed E-state index contributed by atoms with van der Waals surface area (Å²) < 4.78 is 5.34. The number of benzene rings is 1. The quantitative estimate of drug-likeness (QED) is 0.241. The van der Waals surface area contributed by atoms with Crippen LogP contribution in [0.3, 0.4) is 0 Å². The van der Waals surface area contributed by atoms with Gasteiger partial charge in [0, 0.05) is 18.0 Å². The van der Waals surface area contributed by atoms with E-state index in [1.807, 2.05) is 24.3 Å². The summed E-state index contributed by atoms with van der Waals surface area (Å²) in [7, 11) is 1.65. The summed E-state index contributed by atoms with van der Waals surface area (Å²) in [5.74, 6) is 0.829. The number of fused-ring (bicyclic) bond motifs is 1. The van der Waals surface area contributed by atoms with E-state index in [-0.39, 0.29) is 5.91 Å². The number of unbranched alkanes of at least 4 members (excludes halogenated alkanes) is 8. The van der Waals surface area contributed by atoms with E-state index < -0.39 is 0 Å². The van der Waals surface area contributed by atoms with Crippen molar-refractivity contribution >= 4 is 22.5 Å². The third kappa shape index (κ3) is 10.6. The minimum atomic E-state index is 0.0659. The molecule has 1 amide bonds. The van der Waals surface area contributed by atoms with Crippen molar-refractivity contribution in [3.05, 3.63) is 30.5 Å². The van der Waals surface area contributed by atoms with Crippen molar-refractivity contribution in [1.29, 1.82) is 0 Å². The van der Waals surface area contributed by atoms with Crippen LogP contribution in [-0.2, 0) is 4.79 Å². The summed E-state index contributed by atoms with van der Waals surface area (Å²) in [6.07, 6.45) is 16.3. The smallest absolute Gasteiger partial charge is 0.224 e. The Balaban J connectivity index is 1.81. The molecule has 1 aromatic carbocycles. The second-order valence-corrected chi connectivity index (χ2v) is 9.06. The van der Waals surface area contributed by atoms with Gasteiger partial charge in [0.15, 0.2) is 0 Å². The van der Waals surface area contributed by atoms with E-state index in [2.05, 4.69) is 29.0 Å². The van der Waals surface area contributed by atoms with Crippen LogP contribution in [0.4, 0.5) is 5.69 Å². The Morgan fingerprint density at radius 1 is 0.879 bits per heavy atom. The highest BCUT2D eigenvalue weighted by Crippen LogP contribution is 2.26. The molecule has 33 heavy (non-hydrogen) atoms. The van der Waals surface area contributed by atoms with Crippen molar-refractivity contribution in [2.24, 2.45) is 0 Å². The van der Waals surface area contributed by atoms with Gasteiger partial charge in [0.1, 0.15) is 5.75 Å². The lowest BCUT2D eigenvalue weighted by Gasteiger charge is -2.22. The largest absolute Gasteiger partial charge is 0.497 e. The Labute approximate surface area is 201 Å². The van der Waals surface area contributed by atoms with Gasteiger partial charge >= 0.3 is 0 Å². The van der Waals surface area contributed by atoms with Crippen LogP contribution in [-0.4, -0.2) is 42.5 Å². The number of aromatic nitrogens is 1. The highest BCUT2D eigenvalue weighted by Gasteiger charge is 2.10. The number of methoxy groups -OCH3 is 1. The molecule has 2 aromatic rings. The normalized spacial score (nSPS) is 11.3. The summed E-state index contributed by atoms with van der Waals surface area (Å²) >= 11 is 0. The van der Waals surface area contributed by atoms with Crippen LogP contribution >= 0.6 is 0 Å². The molecule has 0 saturated carbocycles. The maximum Gasteiger partial charge on any atom is 0.224 e. The third-order valence-corrected chi connectivity index (χ3v) is 6.26. The van der Waals surface area contributed by atoms with E-state index in [4.69, 9.17) is 4.74 Å². The van der Waals surface area contributed by atoms with Gasteiger partial charge in [-0.1, -0.05) is 65.2 Å². The highest BCUT2D eigenvalue weighted by molar-refractivity contribution is 6.01. The Bertz CT molecular complexity index is 795. The molecule has 5 heteroatoms. The van der Waals surface area contributed by atoms with Crippen LogP contribution in [0.1, 0.15) is 90.9 Å². The molecule has 0 unspecified atom stereocenters. The first-order valence-electron chi connectivity index (χ1n) is 13.1. The van der Waals surface area contributed by atoms with Crippen LogP contribution in [0.15, 0.2) is 30.5 Å². The van der Waals surface area contributed by atoms with Crippen LogP contribution in [0.25, 0.3) is 10.9 Å². The van der Waals surface area contributed by atoms with Gasteiger partial charge in [-0.05, 0) is 63.2 Å². The summed E-state index contributed by atoms with van der Waals surface area (Å²) in [6.45, 7) is 7.85. The summed E-state index contributed by atoms with van der Waals surface area (Å²) in [5.41, 5.74) is 1.65. The second kappa shape index (κ2) is 16.5. The fourth-order valence-corrected chi connectivity index (χ4v) is 4.25. The van der Waals surface area contributed by atoms with Crippen molar-refractivity contribution in [3.63, 3.8) is 0 Å². The molecule has 1 N–H and O–H groups in total. The van der Waals surface area contributed by atoms with E-state index in [0.29, 0.717) is 6.42 Å². The summed E-state index contributed by atoms with van der Waals surface area (Å²) in [5, 5.41) is 4.00. The Kier molecular flexibility index (Phi) is 13.5. The van der Waals surface area contributed by atoms with Gasteiger partial charge in [0.05, 0.1) is 18.3 Å². The zero-order valence-corrected chi connectivity index (χ0v) is 21.2. The van der Waals surface area contributed by atoms with E-state index in [9.17, 15) is 4.79 Å². The highest BCUT2D eigenvalue weighted by atomic mass is 16.5. The van der Waals surface area contributed by atoms with E-state index >= 15 is 0 Å². The fourth-order valence-electron chi connectivity index (χ4n) is 4.25. The molecule has 0 spiro atoms. The van der Waals surface area contributed by atoms with Gasteiger partial charge in [-0.15, -0.1) is 0 Å². The Morgan fingerprint density at radius 2 is 1.52 bits per heavy atom. The average Bonchev–Trinajstić information content (AvgIpc) is 2.83. The Hall–Kier alpha value is -2.14. The molecular formula is C28H45N3O2. The average molecular weight is 456 g/mol. The van der Waals surface area contributed by atoms with Crippen molar-refractivity contribution < 1.29 is 9.53 Å². The SMILES string of the molecule is CCCCCCCN(CCCCCCC)CCCC(=O)Nc1ccnc2ccc(OC)cc12. The number of carbonyl (C=O) groups excluding carboxylic acids is 1. The van der Waals surface area contributed by atoms with Crippen LogP contribution in [0.5, 0.6) is 5.75 Å². The molecule has 0 aliphatic heterocycles. The maximum atomic E-state index is 12.7. The number of ether oxygens (including phenoxy) is 1. The van der Waals surface area contributed by atoms with Crippen molar-refractivity contribution in [2.75, 3.05) is 32.1 Å². The number of hydrogen-bond acceptors (Lipinski definition) is 4. The molecule has 0 fully saturated rings. The lowest BCUT2D eigenvalue weighted by molar-refractivity contribution is -0.116. The van der Waals surface area contributed by atoms with Crippen molar-refractivity contribution in [2.45, 2.75) is 90.9 Å². The molecule has 1 aromatic heterocycles. The number of hydrogen-bond donors (Lipinski definition) is 1. The van der Waals surface area contributed by atoms with Crippen LogP contribution in [0, 0.1) is 0 Å². The molecule has 0 atom stereocenters. The van der Waals surface area contributed by atoms with Crippen LogP contribution in [0.2, 0.25) is 0 Å². The molecule has 0 saturated heterocycles. The maximum absolute atomic E-state index is 12.7. The standard InChI is InChI=1S/C28H45N3O2/c1-4-6-8-10-12-20-31(21-13-11-9-7-5-2)22-14-15-28(32)30-27-18-19-29-26-17-16-24(33-3)23-25(26)27/h16-19,23H,4-15,20-22H2,1-3H3,(H,29,30,32). The summed E-state index contributed by atoms with van der Waals surface area (Å²) in [6, 6.07) is 7.60. The number of pyridine rings is 1. The van der Waals surface area contributed by atoms with Gasteiger partial charge in [0.2, 0.25) is 5.91 Å². The molecule has 1 heterocycles. The minimum absolute atomic E-state index is 0.0659. The van der Waals surface area contributed by atoms with Gasteiger partial charge in [0.25, 0.3) is 0 Å². The first-order valence-corrected chi connectivity index (χ1v) is 13.1. The predicted octanol–water partition coefficient (Wildman–Crippen LogP) is 7.20. The minimum Gasteiger partial charge on any atom is -0.497 e.